The van der Waals surface area contributed by atoms with E-state index in [0.29, 0.717) is 16.9 Å². The van der Waals surface area contributed by atoms with Crippen LogP contribution in [-0.4, -0.2) is 34.7 Å². The Morgan fingerprint density at radius 2 is 1.79 bits per heavy atom. The second-order valence-corrected chi connectivity index (χ2v) is 6.37. The highest BCUT2D eigenvalue weighted by Gasteiger charge is 2.22. The highest BCUT2D eigenvalue weighted by atomic mass is 16.2. The van der Waals surface area contributed by atoms with E-state index in [4.69, 9.17) is 5.73 Å². The van der Waals surface area contributed by atoms with Crippen LogP contribution < -0.4 is 16.0 Å². The fourth-order valence-electron chi connectivity index (χ4n) is 2.95. The number of primary amides is 1. The molecule has 1 heterocycles. The molecule has 0 saturated carbocycles. The zero-order valence-electron chi connectivity index (χ0n) is 16.1. The van der Waals surface area contributed by atoms with Crippen LogP contribution in [0.15, 0.2) is 54.9 Å². The molecule has 4 N–H and O–H groups in total. The number of H-pyrrole nitrogens is 1. The Hall–Kier alpha value is -3.94. The van der Waals surface area contributed by atoms with E-state index in [2.05, 4.69) is 15.3 Å². The summed E-state index contributed by atoms with van der Waals surface area (Å²) in [6.45, 7) is 2.00. The number of anilines is 2. The number of aromatic amines is 1. The molecule has 3 rings (SSSR count). The first-order valence-corrected chi connectivity index (χ1v) is 9.03. The first-order valence-electron chi connectivity index (χ1n) is 9.03. The summed E-state index contributed by atoms with van der Waals surface area (Å²) in [5.74, 6) is -1.43. The van der Waals surface area contributed by atoms with E-state index in [0.717, 1.165) is 12.0 Å². The number of hydrogen-bond donors (Lipinski definition) is 3. The molecule has 1 aromatic heterocycles. The van der Waals surface area contributed by atoms with Crippen molar-refractivity contribution in [1.29, 1.82) is 0 Å². The largest absolute Gasteiger partial charge is 0.364 e. The molecule has 0 aliphatic carbocycles. The van der Waals surface area contributed by atoms with Gasteiger partial charge >= 0.3 is 0 Å². The molecule has 0 atom stereocenters. The first-order chi connectivity index (χ1) is 13.9. The number of amides is 3. The monoisotopic (exact) mass is 391 g/mol. The third kappa shape index (κ3) is 4.16. The smallest absolute Gasteiger partial charge is 0.276 e. The van der Waals surface area contributed by atoms with E-state index in [1.165, 1.54) is 11.2 Å². The molecule has 8 heteroatoms. The lowest BCUT2D eigenvalue weighted by atomic mass is 10.0. The van der Waals surface area contributed by atoms with Crippen molar-refractivity contribution in [3.63, 3.8) is 0 Å². The van der Waals surface area contributed by atoms with Gasteiger partial charge in [0.1, 0.15) is 5.69 Å². The zero-order chi connectivity index (χ0) is 21.0. The molecule has 3 aromatic rings. The fraction of sp³-hybridized carbons (Fsp3) is 0.143. The standard InChI is InChI=1S/C21H21N5O3/c1-3-13-6-4-5-7-16(13)20(28)25-14-8-10-15(11-9-14)26(2)21(29)18-17(19(22)27)23-12-24-18/h4-12H,3H2,1-2H3,(H2,22,27)(H,23,24)(H,25,28). The lowest BCUT2D eigenvalue weighted by Crippen LogP contribution is -2.29. The summed E-state index contributed by atoms with van der Waals surface area (Å²) in [7, 11) is 1.57. The van der Waals surface area contributed by atoms with E-state index in [-0.39, 0.29) is 17.3 Å². The van der Waals surface area contributed by atoms with E-state index < -0.39 is 11.8 Å². The van der Waals surface area contributed by atoms with Crippen molar-refractivity contribution < 1.29 is 14.4 Å². The van der Waals surface area contributed by atoms with Gasteiger partial charge in [-0.1, -0.05) is 25.1 Å². The summed E-state index contributed by atoms with van der Waals surface area (Å²) in [5, 5.41) is 2.86. The van der Waals surface area contributed by atoms with Crippen LogP contribution in [0.4, 0.5) is 11.4 Å². The van der Waals surface area contributed by atoms with Crippen LogP contribution in [0.5, 0.6) is 0 Å². The fourth-order valence-corrected chi connectivity index (χ4v) is 2.95. The molecule has 0 radical (unpaired) electrons. The second-order valence-electron chi connectivity index (χ2n) is 6.37. The normalized spacial score (nSPS) is 10.4. The Balaban J connectivity index is 1.74. The average Bonchev–Trinajstić information content (AvgIpc) is 3.23. The minimum atomic E-state index is -0.784. The SMILES string of the molecule is CCc1ccccc1C(=O)Nc1ccc(N(C)C(=O)c2[nH]cnc2C(N)=O)cc1. The molecule has 0 aliphatic rings. The third-order valence-electron chi connectivity index (χ3n) is 4.55. The van der Waals surface area contributed by atoms with E-state index in [1.54, 1.807) is 37.4 Å². The molecule has 0 fully saturated rings. The molecule has 29 heavy (non-hydrogen) atoms. The Morgan fingerprint density at radius 3 is 2.45 bits per heavy atom. The van der Waals surface area contributed by atoms with Crippen LogP contribution in [0.25, 0.3) is 0 Å². The molecule has 8 nitrogen and oxygen atoms in total. The number of rotatable bonds is 6. The maximum atomic E-state index is 12.6. The lowest BCUT2D eigenvalue weighted by Gasteiger charge is -2.17. The predicted octanol–water partition coefficient (Wildman–Crippen LogP) is 2.60. The molecule has 0 saturated heterocycles. The molecule has 0 aliphatic heterocycles. The number of aryl methyl sites for hydroxylation is 1. The molecular weight excluding hydrogens is 370 g/mol. The van der Waals surface area contributed by atoms with Gasteiger partial charge in [0.25, 0.3) is 17.7 Å². The van der Waals surface area contributed by atoms with E-state index >= 15 is 0 Å². The highest BCUT2D eigenvalue weighted by Crippen LogP contribution is 2.20. The Bertz CT molecular complexity index is 1060. The van der Waals surface area contributed by atoms with Crippen molar-refractivity contribution in [2.45, 2.75) is 13.3 Å². The number of aromatic nitrogens is 2. The average molecular weight is 391 g/mol. The molecule has 0 spiro atoms. The van der Waals surface area contributed by atoms with Gasteiger partial charge in [0.15, 0.2) is 5.69 Å². The number of nitrogens with zero attached hydrogens (tertiary/aromatic N) is 2. The van der Waals surface area contributed by atoms with Crippen molar-refractivity contribution in [1.82, 2.24) is 9.97 Å². The summed E-state index contributed by atoms with van der Waals surface area (Å²) in [6, 6.07) is 14.2. The van der Waals surface area contributed by atoms with Crippen LogP contribution in [0.3, 0.4) is 0 Å². The van der Waals surface area contributed by atoms with Gasteiger partial charge in [-0.25, -0.2) is 4.98 Å². The lowest BCUT2D eigenvalue weighted by molar-refractivity contribution is 0.0958. The molecular formula is C21H21N5O3. The van der Waals surface area contributed by atoms with Gasteiger partial charge < -0.3 is 20.9 Å². The quantitative estimate of drug-likeness (QED) is 0.598. The number of carbonyl (C=O) groups excluding carboxylic acids is 3. The number of hydrogen-bond acceptors (Lipinski definition) is 4. The van der Waals surface area contributed by atoms with E-state index in [9.17, 15) is 14.4 Å². The number of imidazole rings is 1. The molecule has 3 amide bonds. The van der Waals surface area contributed by atoms with Gasteiger partial charge in [-0.05, 0) is 42.3 Å². The van der Waals surface area contributed by atoms with E-state index in [1.807, 2.05) is 25.1 Å². The van der Waals surface area contributed by atoms with Crippen LogP contribution in [-0.2, 0) is 6.42 Å². The van der Waals surface area contributed by atoms with Gasteiger partial charge in [-0.3, -0.25) is 14.4 Å². The summed E-state index contributed by atoms with van der Waals surface area (Å²) < 4.78 is 0. The molecule has 0 unspecified atom stereocenters. The van der Waals surface area contributed by atoms with Gasteiger partial charge in [0.2, 0.25) is 0 Å². The van der Waals surface area contributed by atoms with Gasteiger partial charge in [-0.2, -0.15) is 0 Å². The molecule has 2 aromatic carbocycles. The Morgan fingerprint density at radius 1 is 1.10 bits per heavy atom. The van der Waals surface area contributed by atoms with Gasteiger partial charge in [-0.15, -0.1) is 0 Å². The van der Waals surface area contributed by atoms with Gasteiger partial charge in [0.05, 0.1) is 6.33 Å². The van der Waals surface area contributed by atoms with Crippen LogP contribution in [0.1, 0.15) is 43.8 Å². The van der Waals surface area contributed by atoms with Crippen molar-refractivity contribution in [3.8, 4) is 0 Å². The molecule has 148 valence electrons. The minimum absolute atomic E-state index is 0.0218. The van der Waals surface area contributed by atoms with Crippen LogP contribution in [0, 0.1) is 0 Å². The maximum absolute atomic E-state index is 12.6. The van der Waals surface area contributed by atoms with Crippen molar-refractivity contribution in [3.05, 3.63) is 77.4 Å². The number of benzene rings is 2. The summed E-state index contributed by atoms with van der Waals surface area (Å²) in [4.78, 5) is 44.3. The zero-order valence-corrected chi connectivity index (χ0v) is 16.1. The van der Waals surface area contributed by atoms with Crippen LogP contribution >= 0.6 is 0 Å². The van der Waals surface area contributed by atoms with Crippen molar-refractivity contribution >= 4 is 29.1 Å². The van der Waals surface area contributed by atoms with Crippen LogP contribution in [0.2, 0.25) is 0 Å². The van der Waals surface area contributed by atoms with Gasteiger partial charge in [0, 0.05) is 24.0 Å². The summed E-state index contributed by atoms with van der Waals surface area (Å²) in [6.07, 6.45) is 2.00. The first kappa shape index (κ1) is 19.8. The molecule has 0 bridgehead atoms. The maximum Gasteiger partial charge on any atom is 0.276 e. The minimum Gasteiger partial charge on any atom is -0.364 e. The van der Waals surface area contributed by atoms with Crippen molar-refractivity contribution in [2.24, 2.45) is 5.73 Å². The Labute approximate surface area is 167 Å². The number of nitrogens with one attached hydrogen (secondary N) is 2. The second kappa shape index (κ2) is 8.39. The number of nitrogens with two attached hydrogens (primary N) is 1. The topological polar surface area (TPSA) is 121 Å². The van der Waals surface area contributed by atoms with Crippen molar-refractivity contribution in [2.75, 3.05) is 17.3 Å². The third-order valence-corrected chi connectivity index (χ3v) is 4.55. The predicted molar refractivity (Wildman–Crippen MR) is 110 cm³/mol. The summed E-state index contributed by atoms with van der Waals surface area (Å²) in [5.41, 5.74) is 7.93. The Kier molecular flexibility index (Phi) is 5.73. The summed E-state index contributed by atoms with van der Waals surface area (Å²) >= 11 is 0. The highest BCUT2D eigenvalue weighted by molar-refractivity contribution is 6.11. The number of carbonyl (C=O) groups is 3.